The summed E-state index contributed by atoms with van der Waals surface area (Å²) < 4.78 is 5.34. The number of nitriles is 1. The van der Waals surface area contributed by atoms with E-state index in [4.69, 9.17) is 10.00 Å². The van der Waals surface area contributed by atoms with E-state index < -0.39 is 0 Å². The molecule has 0 saturated heterocycles. The highest BCUT2D eigenvalue weighted by Crippen LogP contribution is 2.14. The summed E-state index contributed by atoms with van der Waals surface area (Å²) in [6, 6.07) is 16.6. The largest absolute Gasteiger partial charge is 0.484 e. The molecule has 0 fully saturated rings. The molecule has 0 atom stereocenters. The van der Waals surface area contributed by atoms with Crippen molar-refractivity contribution in [3.8, 4) is 11.8 Å². The fraction of sp³-hybridized carbons (Fsp3) is 0.250. The van der Waals surface area contributed by atoms with Crippen LogP contribution in [0.3, 0.4) is 0 Å². The summed E-state index contributed by atoms with van der Waals surface area (Å²) in [4.78, 5) is 14.0. The Hall–Kier alpha value is -3.33. The smallest absolute Gasteiger partial charge is 0.277 e. The van der Waals surface area contributed by atoms with E-state index in [9.17, 15) is 4.79 Å². The van der Waals surface area contributed by atoms with Gasteiger partial charge < -0.3 is 9.64 Å². The average Bonchev–Trinajstić information content (AvgIpc) is 2.69. The second-order valence-electron chi connectivity index (χ2n) is 5.48. The first kappa shape index (κ1) is 19.0. The van der Waals surface area contributed by atoms with Crippen LogP contribution in [-0.2, 0) is 4.79 Å². The maximum absolute atomic E-state index is 11.7. The zero-order valence-corrected chi connectivity index (χ0v) is 15.0. The minimum absolute atomic E-state index is 0.149. The molecular formula is C20H22N4O2. The lowest BCUT2D eigenvalue weighted by Crippen LogP contribution is -2.24. The van der Waals surface area contributed by atoms with Crippen molar-refractivity contribution < 1.29 is 9.53 Å². The summed E-state index contributed by atoms with van der Waals surface area (Å²) in [6.45, 7) is 6.01. The number of amides is 1. The van der Waals surface area contributed by atoms with Gasteiger partial charge in [0, 0.05) is 18.8 Å². The molecule has 2 aromatic rings. The fourth-order valence-electron chi connectivity index (χ4n) is 2.35. The van der Waals surface area contributed by atoms with E-state index in [-0.39, 0.29) is 12.5 Å². The summed E-state index contributed by atoms with van der Waals surface area (Å²) in [5.41, 5.74) is 5.02. The number of carbonyl (C=O) groups excluding carboxylic acids is 1. The highest BCUT2D eigenvalue weighted by atomic mass is 16.5. The van der Waals surface area contributed by atoms with E-state index in [1.807, 2.05) is 30.3 Å². The Balaban J connectivity index is 1.80. The standard InChI is InChI=1S/C20H22N4O2/c1-3-24(4-2)18-9-5-17(6-10-18)14-22-23-20(25)15-26-19-11-7-16(13-21)8-12-19/h5-12,14H,3-4,15H2,1-2H3,(H,23,25)/b22-14-. The molecule has 1 amide bonds. The van der Waals surface area contributed by atoms with Crippen molar-refractivity contribution in [1.29, 1.82) is 5.26 Å². The maximum Gasteiger partial charge on any atom is 0.277 e. The maximum atomic E-state index is 11.7. The van der Waals surface area contributed by atoms with Crippen LogP contribution in [0.15, 0.2) is 53.6 Å². The molecular weight excluding hydrogens is 328 g/mol. The molecule has 2 rings (SSSR count). The number of carbonyl (C=O) groups is 1. The monoisotopic (exact) mass is 350 g/mol. The molecule has 0 bridgehead atoms. The summed E-state index contributed by atoms with van der Waals surface area (Å²) in [5.74, 6) is 0.167. The van der Waals surface area contributed by atoms with Gasteiger partial charge in [0.2, 0.25) is 0 Å². The molecule has 6 nitrogen and oxygen atoms in total. The van der Waals surface area contributed by atoms with Crippen molar-refractivity contribution >= 4 is 17.8 Å². The van der Waals surface area contributed by atoms with Crippen molar-refractivity contribution in [2.75, 3.05) is 24.6 Å². The number of anilines is 1. The van der Waals surface area contributed by atoms with Gasteiger partial charge in [-0.1, -0.05) is 12.1 Å². The van der Waals surface area contributed by atoms with Gasteiger partial charge in [-0.15, -0.1) is 0 Å². The number of benzene rings is 2. The molecule has 26 heavy (non-hydrogen) atoms. The molecule has 134 valence electrons. The molecule has 0 aromatic heterocycles. The van der Waals surface area contributed by atoms with Crippen molar-refractivity contribution in [3.05, 3.63) is 59.7 Å². The van der Waals surface area contributed by atoms with E-state index in [1.165, 1.54) is 0 Å². The van der Waals surface area contributed by atoms with Crippen LogP contribution in [0.5, 0.6) is 5.75 Å². The minimum Gasteiger partial charge on any atom is -0.484 e. The lowest BCUT2D eigenvalue weighted by Gasteiger charge is -2.20. The third-order valence-electron chi connectivity index (χ3n) is 3.78. The Morgan fingerprint density at radius 1 is 1.15 bits per heavy atom. The Morgan fingerprint density at radius 3 is 2.38 bits per heavy atom. The number of hydrogen-bond acceptors (Lipinski definition) is 5. The van der Waals surface area contributed by atoms with Gasteiger partial charge in [-0.3, -0.25) is 4.79 Å². The molecule has 6 heteroatoms. The van der Waals surface area contributed by atoms with Gasteiger partial charge in [0.25, 0.3) is 5.91 Å². The first-order valence-electron chi connectivity index (χ1n) is 8.46. The summed E-state index contributed by atoms with van der Waals surface area (Å²) in [6.07, 6.45) is 1.59. The summed E-state index contributed by atoms with van der Waals surface area (Å²) in [7, 11) is 0. The highest BCUT2D eigenvalue weighted by molar-refractivity contribution is 5.83. The first-order valence-corrected chi connectivity index (χ1v) is 8.46. The topological polar surface area (TPSA) is 77.7 Å². The quantitative estimate of drug-likeness (QED) is 0.586. The normalized spacial score (nSPS) is 10.3. The Morgan fingerprint density at radius 2 is 1.81 bits per heavy atom. The van der Waals surface area contributed by atoms with Crippen molar-refractivity contribution in [2.45, 2.75) is 13.8 Å². The summed E-state index contributed by atoms with van der Waals surface area (Å²) in [5, 5.41) is 12.7. The molecule has 0 aliphatic carbocycles. The first-order chi connectivity index (χ1) is 12.7. The molecule has 0 heterocycles. The van der Waals surface area contributed by atoms with Gasteiger partial charge in [-0.05, 0) is 55.8 Å². The number of hydrazone groups is 1. The van der Waals surface area contributed by atoms with Crippen LogP contribution in [-0.4, -0.2) is 31.8 Å². The van der Waals surface area contributed by atoms with Crippen LogP contribution in [0.4, 0.5) is 5.69 Å². The zero-order valence-electron chi connectivity index (χ0n) is 15.0. The molecule has 0 radical (unpaired) electrons. The third kappa shape index (κ3) is 5.64. The van der Waals surface area contributed by atoms with Gasteiger partial charge in [0.1, 0.15) is 5.75 Å². The molecule has 0 unspecified atom stereocenters. The van der Waals surface area contributed by atoms with Crippen LogP contribution in [0, 0.1) is 11.3 Å². The van der Waals surface area contributed by atoms with Gasteiger partial charge in [-0.25, -0.2) is 5.43 Å². The Labute approximate surface area is 153 Å². The van der Waals surface area contributed by atoms with Crippen molar-refractivity contribution in [3.63, 3.8) is 0 Å². The van der Waals surface area contributed by atoms with E-state index in [2.05, 4.69) is 29.3 Å². The fourth-order valence-corrected chi connectivity index (χ4v) is 2.35. The lowest BCUT2D eigenvalue weighted by atomic mass is 10.2. The van der Waals surface area contributed by atoms with Crippen molar-refractivity contribution in [2.24, 2.45) is 5.10 Å². The SMILES string of the molecule is CCN(CC)c1ccc(/C=N\NC(=O)COc2ccc(C#N)cc2)cc1. The van der Waals surface area contributed by atoms with Gasteiger partial charge in [0.15, 0.2) is 6.61 Å². The van der Waals surface area contributed by atoms with E-state index in [1.54, 1.807) is 30.5 Å². The summed E-state index contributed by atoms with van der Waals surface area (Å²) >= 11 is 0. The van der Waals surface area contributed by atoms with Gasteiger partial charge >= 0.3 is 0 Å². The number of nitrogens with one attached hydrogen (secondary N) is 1. The average molecular weight is 350 g/mol. The van der Waals surface area contributed by atoms with Crippen LogP contribution >= 0.6 is 0 Å². The van der Waals surface area contributed by atoms with Crippen LogP contribution < -0.4 is 15.1 Å². The van der Waals surface area contributed by atoms with E-state index in [0.29, 0.717) is 11.3 Å². The van der Waals surface area contributed by atoms with Crippen LogP contribution in [0.2, 0.25) is 0 Å². The number of ether oxygens (including phenoxy) is 1. The molecule has 0 spiro atoms. The number of hydrogen-bond donors (Lipinski definition) is 1. The second kappa shape index (κ2) is 9.84. The van der Waals surface area contributed by atoms with E-state index >= 15 is 0 Å². The molecule has 1 N–H and O–H groups in total. The zero-order chi connectivity index (χ0) is 18.8. The lowest BCUT2D eigenvalue weighted by molar-refractivity contribution is -0.123. The predicted octanol–water partition coefficient (Wildman–Crippen LogP) is 2.93. The second-order valence-corrected chi connectivity index (χ2v) is 5.48. The van der Waals surface area contributed by atoms with E-state index in [0.717, 1.165) is 24.3 Å². The molecule has 0 aliphatic heterocycles. The van der Waals surface area contributed by atoms with Crippen LogP contribution in [0.25, 0.3) is 0 Å². The Kier molecular flexibility index (Phi) is 7.19. The van der Waals surface area contributed by atoms with Crippen LogP contribution in [0.1, 0.15) is 25.0 Å². The van der Waals surface area contributed by atoms with Crippen molar-refractivity contribution in [1.82, 2.24) is 5.43 Å². The minimum atomic E-state index is -0.356. The molecule has 0 aliphatic rings. The highest BCUT2D eigenvalue weighted by Gasteiger charge is 2.02. The molecule has 0 saturated carbocycles. The number of rotatable bonds is 8. The predicted molar refractivity (Wildman–Crippen MR) is 102 cm³/mol. The van der Waals surface area contributed by atoms with Gasteiger partial charge in [0.05, 0.1) is 17.8 Å². The third-order valence-corrected chi connectivity index (χ3v) is 3.78. The molecule has 2 aromatic carbocycles. The van der Waals surface area contributed by atoms with Gasteiger partial charge in [-0.2, -0.15) is 10.4 Å². The Bertz CT molecular complexity index is 773. The number of nitrogens with zero attached hydrogens (tertiary/aromatic N) is 3.